The molecule has 1 aromatic rings. The van der Waals surface area contributed by atoms with Crippen LogP contribution in [0.4, 0.5) is 0 Å². The minimum atomic E-state index is 0.0541. The van der Waals surface area contributed by atoms with E-state index in [-0.39, 0.29) is 12.1 Å². The Morgan fingerprint density at radius 3 is 2.78 bits per heavy atom. The number of guanidine groups is 1. The summed E-state index contributed by atoms with van der Waals surface area (Å²) in [6, 6.07) is 7.80. The molecule has 2 heterocycles. The number of benzene rings is 1. The highest BCUT2D eigenvalue weighted by Gasteiger charge is 2.27. The Morgan fingerprint density at radius 2 is 2.07 bits per heavy atom. The Bertz CT molecular complexity index is 667. The number of nitrogens with zero attached hydrogens (tertiary/aromatic N) is 3. The van der Waals surface area contributed by atoms with E-state index in [1.54, 1.807) is 0 Å². The first-order valence-corrected chi connectivity index (χ1v) is 9.80. The van der Waals surface area contributed by atoms with Crippen molar-refractivity contribution in [2.75, 3.05) is 39.3 Å². The summed E-state index contributed by atoms with van der Waals surface area (Å²) in [5.74, 6) is 2.30. The molecule has 2 aliphatic heterocycles. The molecule has 1 saturated heterocycles. The second-order valence-electron chi connectivity index (χ2n) is 7.23. The lowest BCUT2D eigenvalue weighted by Crippen LogP contribution is -2.46. The van der Waals surface area contributed by atoms with Crippen molar-refractivity contribution >= 4 is 5.96 Å². The molecule has 146 valence electrons. The molecular weight excluding hydrogens is 342 g/mol. The minimum Gasteiger partial charge on any atom is -0.486 e. The van der Waals surface area contributed by atoms with E-state index in [9.17, 15) is 5.26 Å². The van der Waals surface area contributed by atoms with Crippen molar-refractivity contribution in [1.82, 2.24) is 15.1 Å². The quantitative estimate of drug-likeness (QED) is 0.345. The van der Waals surface area contributed by atoms with Crippen molar-refractivity contribution in [2.45, 2.75) is 32.3 Å². The third kappa shape index (κ3) is 5.27. The molecule has 0 aliphatic carbocycles. The van der Waals surface area contributed by atoms with Gasteiger partial charge >= 0.3 is 0 Å². The van der Waals surface area contributed by atoms with Gasteiger partial charge in [0.2, 0.25) is 5.96 Å². The molecule has 0 saturated carbocycles. The van der Waals surface area contributed by atoms with Crippen LogP contribution in [-0.2, 0) is 0 Å². The van der Waals surface area contributed by atoms with E-state index in [0.29, 0.717) is 19.1 Å². The lowest BCUT2D eigenvalue weighted by atomic mass is 9.96. The average Bonchev–Trinajstić information content (AvgIpc) is 2.71. The van der Waals surface area contributed by atoms with Crippen molar-refractivity contribution in [3.05, 3.63) is 24.3 Å². The van der Waals surface area contributed by atoms with Crippen LogP contribution in [0.1, 0.15) is 26.2 Å². The molecule has 0 amide bonds. The molecule has 27 heavy (non-hydrogen) atoms. The monoisotopic (exact) mass is 371 g/mol. The van der Waals surface area contributed by atoms with Gasteiger partial charge in [-0.25, -0.2) is 4.90 Å². The molecule has 1 atom stereocenters. The van der Waals surface area contributed by atoms with Gasteiger partial charge in [-0.05, 0) is 50.4 Å². The lowest BCUT2D eigenvalue weighted by molar-refractivity contribution is 0.0470. The molecule has 7 heteroatoms. The number of hydrogen-bond donors (Lipinski definition) is 2. The van der Waals surface area contributed by atoms with Crippen LogP contribution in [0.15, 0.2) is 24.3 Å². The molecule has 1 aromatic carbocycles. The summed E-state index contributed by atoms with van der Waals surface area (Å²) in [4.78, 5) is 3.89. The second kappa shape index (κ2) is 9.47. The zero-order chi connectivity index (χ0) is 19.1. The number of nitrogens with one attached hydrogen (secondary N) is 2. The molecular formula is C20H29N5O2. The van der Waals surface area contributed by atoms with E-state index < -0.39 is 0 Å². The zero-order valence-corrected chi connectivity index (χ0v) is 16.0. The lowest BCUT2D eigenvalue weighted by Gasteiger charge is -2.36. The minimum absolute atomic E-state index is 0.0541. The largest absolute Gasteiger partial charge is 0.486 e. The van der Waals surface area contributed by atoms with Gasteiger partial charge < -0.3 is 14.8 Å². The van der Waals surface area contributed by atoms with Crippen LogP contribution in [0.2, 0.25) is 0 Å². The predicted octanol–water partition coefficient (Wildman–Crippen LogP) is 2.26. The highest BCUT2D eigenvalue weighted by Crippen LogP contribution is 2.31. The van der Waals surface area contributed by atoms with Crippen molar-refractivity contribution < 1.29 is 9.47 Å². The number of fused-ring (bicyclic) bond motifs is 1. The Labute approximate surface area is 161 Å². The first kappa shape index (κ1) is 19.3. The number of hydrogen-bond acceptors (Lipinski definition) is 5. The van der Waals surface area contributed by atoms with Crippen molar-refractivity contribution in [1.29, 1.82) is 10.7 Å². The summed E-state index contributed by atoms with van der Waals surface area (Å²) in [5.41, 5.74) is 0. The summed E-state index contributed by atoms with van der Waals surface area (Å²) < 4.78 is 11.9. The SMILES string of the molecule is CCCNC(=N)N(C#N)CC1CCN(CC2COc3ccccc3O2)CC1. The van der Waals surface area contributed by atoms with Crippen molar-refractivity contribution in [3.8, 4) is 17.7 Å². The fourth-order valence-electron chi connectivity index (χ4n) is 3.57. The van der Waals surface area contributed by atoms with Crippen molar-refractivity contribution in [3.63, 3.8) is 0 Å². The maximum absolute atomic E-state index is 9.33. The van der Waals surface area contributed by atoms with Crippen LogP contribution in [0.5, 0.6) is 11.5 Å². The van der Waals surface area contributed by atoms with Gasteiger partial charge in [-0.2, -0.15) is 5.26 Å². The first-order valence-electron chi connectivity index (χ1n) is 9.80. The second-order valence-corrected chi connectivity index (χ2v) is 7.23. The van der Waals surface area contributed by atoms with Gasteiger partial charge in [-0.15, -0.1) is 0 Å². The number of likely N-dealkylation sites (tertiary alicyclic amines) is 1. The van der Waals surface area contributed by atoms with E-state index >= 15 is 0 Å². The van der Waals surface area contributed by atoms with Crippen LogP contribution in [0, 0.1) is 22.8 Å². The Balaban J connectivity index is 1.41. The molecule has 7 nitrogen and oxygen atoms in total. The Kier molecular flexibility index (Phi) is 6.77. The van der Waals surface area contributed by atoms with Crippen LogP contribution < -0.4 is 14.8 Å². The van der Waals surface area contributed by atoms with Gasteiger partial charge in [0.15, 0.2) is 17.7 Å². The van der Waals surface area contributed by atoms with Crippen LogP contribution in [0.25, 0.3) is 0 Å². The molecule has 0 bridgehead atoms. The molecule has 0 aromatic heterocycles. The first-order chi connectivity index (χ1) is 13.2. The molecule has 0 spiro atoms. The fraction of sp³-hybridized carbons (Fsp3) is 0.600. The van der Waals surface area contributed by atoms with Crippen molar-refractivity contribution in [2.24, 2.45) is 5.92 Å². The van der Waals surface area contributed by atoms with Gasteiger partial charge in [-0.1, -0.05) is 19.1 Å². The Hall–Kier alpha value is -2.46. The molecule has 0 radical (unpaired) electrons. The van der Waals surface area contributed by atoms with E-state index in [2.05, 4.69) is 16.4 Å². The molecule has 2 N–H and O–H groups in total. The van der Waals surface area contributed by atoms with Gasteiger partial charge in [0.1, 0.15) is 12.7 Å². The Morgan fingerprint density at radius 1 is 1.33 bits per heavy atom. The molecule has 2 aliphatic rings. The highest BCUT2D eigenvalue weighted by atomic mass is 16.6. The van der Waals surface area contributed by atoms with Gasteiger partial charge in [0, 0.05) is 19.6 Å². The third-order valence-corrected chi connectivity index (χ3v) is 5.11. The highest BCUT2D eigenvalue weighted by molar-refractivity contribution is 5.78. The van der Waals surface area contributed by atoms with Gasteiger partial charge in [0.05, 0.1) is 0 Å². The number of piperidine rings is 1. The van der Waals surface area contributed by atoms with Gasteiger partial charge in [-0.3, -0.25) is 10.3 Å². The molecule has 1 unspecified atom stereocenters. The third-order valence-electron chi connectivity index (χ3n) is 5.11. The van der Waals surface area contributed by atoms with E-state index in [1.807, 2.05) is 31.2 Å². The summed E-state index contributed by atoms with van der Waals surface area (Å²) in [7, 11) is 0. The summed E-state index contributed by atoms with van der Waals surface area (Å²) in [5, 5.41) is 20.3. The maximum atomic E-state index is 9.33. The van der Waals surface area contributed by atoms with Gasteiger partial charge in [0.25, 0.3) is 0 Å². The average molecular weight is 371 g/mol. The maximum Gasteiger partial charge on any atom is 0.204 e. The smallest absolute Gasteiger partial charge is 0.204 e. The fourth-order valence-corrected chi connectivity index (χ4v) is 3.57. The van der Waals surface area contributed by atoms with E-state index in [1.165, 1.54) is 4.90 Å². The normalized spacial score (nSPS) is 19.9. The number of para-hydroxylation sites is 2. The molecule has 3 rings (SSSR count). The number of rotatable bonds is 6. The summed E-state index contributed by atoms with van der Waals surface area (Å²) in [6.07, 6.45) is 5.20. The predicted molar refractivity (Wildman–Crippen MR) is 104 cm³/mol. The van der Waals surface area contributed by atoms with E-state index in [4.69, 9.17) is 14.9 Å². The van der Waals surface area contributed by atoms with Crippen LogP contribution >= 0.6 is 0 Å². The van der Waals surface area contributed by atoms with Crippen LogP contribution in [0.3, 0.4) is 0 Å². The number of nitriles is 1. The number of ether oxygens (including phenoxy) is 2. The standard InChI is InChI=1S/C20H29N5O2/c1-2-9-23-20(22)25(15-21)12-16-7-10-24(11-8-16)13-17-14-26-18-5-3-4-6-19(18)27-17/h3-6,16-17H,2,7-14H2,1H3,(H2,22,23). The molecule has 1 fully saturated rings. The summed E-state index contributed by atoms with van der Waals surface area (Å²) in [6.45, 7) is 6.81. The topological polar surface area (TPSA) is 84.6 Å². The van der Waals surface area contributed by atoms with Crippen LogP contribution in [-0.4, -0.2) is 61.2 Å². The summed E-state index contributed by atoms with van der Waals surface area (Å²) >= 11 is 0. The zero-order valence-electron chi connectivity index (χ0n) is 16.0. The van der Waals surface area contributed by atoms with E-state index in [0.717, 1.165) is 56.9 Å².